The van der Waals surface area contributed by atoms with Gasteiger partial charge in [-0.2, -0.15) is 0 Å². The predicted molar refractivity (Wildman–Crippen MR) is 84.0 cm³/mol. The van der Waals surface area contributed by atoms with Crippen LogP contribution in [0.1, 0.15) is 39.0 Å². The summed E-state index contributed by atoms with van der Waals surface area (Å²) in [5.41, 5.74) is -0.296. The third kappa shape index (κ3) is 3.55. The Bertz CT molecular complexity index is 417. The van der Waals surface area contributed by atoms with Crippen molar-refractivity contribution in [3.63, 3.8) is 0 Å². The molecule has 23 heavy (non-hydrogen) atoms. The number of rotatable bonds is 5. The van der Waals surface area contributed by atoms with Crippen LogP contribution in [0.25, 0.3) is 0 Å². The molecule has 1 aliphatic carbocycles. The zero-order valence-corrected chi connectivity index (χ0v) is 14.3. The number of esters is 1. The summed E-state index contributed by atoms with van der Waals surface area (Å²) < 4.78 is 22.0. The first-order chi connectivity index (χ1) is 11.0. The number of carbonyl (C=O) groups is 1. The van der Waals surface area contributed by atoms with Crippen molar-refractivity contribution in [3.8, 4) is 0 Å². The lowest BCUT2D eigenvalue weighted by Gasteiger charge is -2.42. The van der Waals surface area contributed by atoms with Gasteiger partial charge in [0.25, 0.3) is 0 Å². The van der Waals surface area contributed by atoms with Gasteiger partial charge in [0.05, 0.1) is 26.9 Å². The van der Waals surface area contributed by atoms with Gasteiger partial charge >= 0.3 is 5.97 Å². The van der Waals surface area contributed by atoms with Crippen molar-refractivity contribution < 1.29 is 23.7 Å². The van der Waals surface area contributed by atoms with E-state index in [-0.39, 0.29) is 17.2 Å². The second-order valence-electron chi connectivity index (χ2n) is 7.60. The lowest BCUT2D eigenvalue weighted by molar-refractivity contribution is -0.190. The van der Waals surface area contributed by atoms with Crippen LogP contribution >= 0.6 is 0 Å². The monoisotopic (exact) mass is 327 g/mol. The van der Waals surface area contributed by atoms with Crippen LogP contribution < -0.4 is 5.32 Å². The minimum absolute atomic E-state index is 0.164. The first kappa shape index (κ1) is 17.1. The highest BCUT2D eigenvalue weighted by molar-refractivity contribution is 5.77. The van der Waals surface area contributed by atoms with E-state index in [1.54, 1.807) is 0 Å². The molecule has 0 bridgehead atoms. The molecule has 0 aromatic rings. The maximum atomic E-state index is 12.1. The molecular weight excluding hydrogens is 298 g/mol. The average Bonchev–Trinajstić information content (AvgIpc) is 3.21. The van der Waals surface area contributed by atoms with Gasteiger partial charge in [0, 0.05) is 32.5 Å². The van der Waals surface area contributed by atoms with E-state index in [1.165, 1.54) is 7.11 Å². The zero-order chi connectivity index (χ0) is 16.4. The quantitative estimate of drug-likeness (QED) is 0.772. The first-order valence-corrected chi connectivity index (χ1v) is 8.66. The first-order valence-electron chi connectivity index (χ1n) is 8.66. The zero-order valence-electron chi connectivity index (χ0n) is 14.3. The second-order valence-corrected chi connectivity index (χ2v) is 7.60. The summed E-state index contributed by atoms with van der Waals surface area (Å²) in [4.78, 5) is 12.1. The summed E-state index contributed by atoms with van der Waals surface area (Å²) in [6, 6.07) is 0. The molecule has 2 aliphatic heterocycles. The topological polar surface area (TPSA) is 66.0 Å². The van der Waals surface area contributed by atoms with E-state index in [9.17, 15) is 4.79 Å². The molecule has 2 saturated heterocycles. The van der Waals surface area contributed by atoms with Gasteiger partial charge in [-0.3, -0.25) is 4.79 Å². The van der Waals surface area contributed by atoms with Crippen molar-refractivity contribution in [1.82, 2.24) is 5.32 Å². The molecule has 3 aliphatic rings. The molecule has 3 fully saturated rings. The van der Waals surface area contributed by atoms with E-state index in [0.717, 1.165) is 51.9 Å². The molecule has 1 atom stereocenters. The van der Waals surface area contributed by atoms with Gasteiger partial charge in [-0.1, -0.05) is 6.92 Å². The van der Waals surface area contributed by atoms with E-state index >= 15 is 0 Å². The molecule has 1 spiro atoms. The normalized spacial score (nSPS) is 32.3. The summed E-state index contributed by atoms with van der Waals surface area (Å²) in [5.74, 6) is -0.477. The van der Waals surface area contributed by atoms with Crippen LogP contribution in [0, 0.1) is 10.8 Å². The fraction of sp³-hybridized carbons (Fsp3) is 0.941. The summed E-state index contributed by atoms with van der Waals surface area (Å²) in [5, 5.41) is 3.51. The average molecular weight is 327 g/mol. The highest BCUT2D eigenvalue weighted by Gasteiger charge is 2.46. The molecular formula is C17H29NO5. The molecule has 1 unspecified atom stereocenters. The van der Waals surface area contributed by atoms with Gasteiger partial charge in [0.15, 0.2) is 5.79 Å². The van der Waals surface area contributed by atoms with Crippen molar-refractivity contribution in [3.05, 3.63) is 0 Å². The minimum atomic E-state index is -0.515. The van der Waals surface area contributed by atoms with Gasteiger partial charge in [-0.05, 0) is 24.7 Å². The standard InChI is InChI=1S/C17H29NO5/c1-15(3-5-17(6-4-15)22-9-10-23-17)11-18-12-16(14(19)20-2)7-8-21-13-16/h18H,3-13H2,1-2H3. The van der Waals surface area contributed by atoms with E-state index in [0.29, 0.717) is 19.8 Å². The maximum Gasteiger partial charge on any atom is 0.315 e. The molecule has 1 N–H and O–H groups in total. The smallest absolute Gasteiger partial charge is 0.315 e. The molecule has 2 heterocycles. The Labute approximate surface area is 138 Å². The number of methoxy groups -OCH3 is 1. The summed E-state index contributed by atoms with van der Waals surface area (Å²) in [7, 11) is 1.45. The SMILES string of the molecule is COC(=O)C1(CNCC2(C)CCC3(CC2)OCCO3)CCOC1. The van der Waals surface area contributed by atoms with Crippen LogP contribution in [0.5, 0.6) is 0 Å². The van der Waals surface area contributed by atoms with Crippen LogP contribution in [0.4, 0.5) is 0 Å². The summed E-state index contributed by atoms with van der Waals surface area (Å²) in [6.45, 7) is 6.33. The Kier molecular flexibility index (Phi) is 4.97. The van der Waals surface area contributed by atoms with Gasteiger partial charge in [-0.15, -0.1) is 0 Å². The largest absolute Gasteiger partial charge is 0.468 e. The van der Waals surface area contributed by atoms with Crippen LogP contribution in [0.15, 0.2) is 0 Å². The van der Waals surface area contributed by atoms with Crippen LogP contribution in [0.2, 0.25) is 0 Å². The molecule has 0 amide bonds. The number of hydrogen-bond acceptors (Lipinski definition) is 6. The molecule has 132 valence electrons. The van der Waals surface area contributed by atoms with E-state index < -0.39 is 5.41 Å². The number of nitrogens with one attached hydrogen (secondary N) is 1. The lowest BCUT2D eigenvalue weighted by Crippen LogP contribution is -2.47. The molecule has 3 rings (SSSR count). The van der Waals surface area contributed by atoms with Crippen molar-refractivity contribution in [2.75, 3.05) is 46.6 Å². The molecule has 0 radical (unpaired) electrons. The van der Waals surface area contributed by atoms with Gasteiger partial charge < -0.3 is 24.3 Å². The summed E-state index contributed by atoms with van der Waals surface area (Å²) >= 11 is 0. The van der Waals surface area contributed by atoms with Gasteiger partial charge in [0.1, 0.15) is 5.41 Å². The minimum Gasteiger partial charge on any atom is -0.468 e. The van der Waals surface area contributed by atoms with Gasteiger partial charge in [0.2, 0.25) is 0 Å². The van der Waals surface area contributed by atoms with Crippen LogP contribution in [-0.4, -0.2) is 58.4 Å². The van der Waals surface area contributed by atoms with Crippen molar-refractivity contribution in [2.24, 2.45) is 10.8 Å². The van der Waals surface area contributed by atoms with Crippen LogP contribution in [-0.2, 0) is 23.7 Å². The van der Waals surface area contributed by atoms with E-state index in [4.69, 9.17) is 18.9 Å². The van der Waals surface area contributed by atoms with Crippen molar-refractivity contribution >= 4 is 5.97 Å². The fourth-order valence-corrected chi connectivity index (χ4v) is 4.00. The second kappa shape index (κ2) is 6.67. The number of hydrogen-bond donors (Lipinski definition) is 1. The van der Waals surface area contributed by atoms with E-state index in [1.807, 2.05) is 0 Å². The number of ether oxygens (including phenoxy) is 4. The van der Waals surface area contributed by atoms with Crippen molar-refractivity contribution in [2.45, 2.75) is 44.8 Å². The molecule has 1 saturated carbocycles. The third-order valence-corrected chi connectivity index (χ3v) is 5.77. The Hall–Kier alpha value is -0.690. The highest BCUT2D eigenvalue weighted by atomic mass is 16.7. The van der Waals surface area contributed by atoms with E-state index in [2.05, 4.69) is 12.2 Å². The Morgan fingerprint density at radius 1 is 1.04 bits per heavy atom. The third-order valence-electron chi connectivity index (χ3n) is 5.77. The molecule has 6 heteroatoms. The lowest BCUT2D eigenvalue weighted by atomic mass is 9.73. The maximum absolute atomic E-state index is 12.1. The Balaban J connectivity index is 1.49. The highest BCUT2D eigenvalue weighted by Crippen LogP contribution is 2.44. The molecule has 0 aromatic carbocycles. The Morgan fingerprint density at radius 3 is 2.30 bits per heavy atom. The van der Waals surface area contributed by atoms with Crippen LogP contribution in [0.3, 0.4) is 0 Å². The van der Waals surface area contributed by atoms with Crippen molar-refractivity contribution in [1.29, 1.82) is 0 Å². The van der Waals surface area contributed by atoms with Gasteiger partial charge in [-0.25, -0.2) is 0 Å². The Morgan fingerprint density at radius 2 is 1.74 bits per heavy atom. The molecule has 0 aromatic heterocycles. The summed E-state index contributed by atoms with van der Waals surface area (Å²) in [6.07, 6.45) is 4.78. The number of carbonyl (C=O) groups excluding carboxylic acids is 1. The predicted octanol–water partition coefficient (Wildman–Crippen LogP) is 1.48. The molecule has 6 nitrogen and oxygen atoms in total. The fourth-order valence-electron chi connectivity index (χ4n) is 4.00.